The number of para-hydroxylation sites is 1. The highest BCUT2D eigenvalue weighted by Gasteiger charge is 2.09. The lowest BCUT2D eigenvalue weighted by Gasteiger charge is -2.10. The minimum absolute atomic E-state index is 0.256. The highest BCUT2D eigenvalue weighted by atomic mass is 16.5. The zero-order valence-electron chi connectivity index (χ0n) is 15.1. The van der Waals surface area contributed by atoms with Gasteiger partial charge in [0.1, 0.15) is 11.5 Å². The van der Waals surface area contributed by atoms with Crippen LogP contribution in [0.15, 0.2) is 60.9 Å². The first-order chi connectivity index (χ1) is 13.2. The maximum absolute atomic E-state index is 12.3. The van der Waals surface area contributed by atoms with E-state index in [2.05, 4.69) is 20.6 Å². The molecule has 0 aliphatic heterocycles. The van der Waals surface area contributed by atoms with Crippen LogP contribution in [0.1, 0.15) is 15.9 Å². The summed E-state index contributed by atoms with van der Waals surface area (Å²) in [6, 6.07) is 14.9. The fourth-order valence-electron chi connectivity index (χ4n) is 2.47. The Morgan fingerprint density at radius 2 is 1.78 bits per heavy atom. The van der Waals surface area contributed by atoms with Crippen molar-refractivity contribution in [2.45, 2.75) is 6.54 Å². The molecule has 1 heterocycles. The van der Waals surface area contributed by atoms with Gasteiger partial charge in [0.25, 0.3) is 5.91 Å². The van der Waals surface area contributed by atoms with Crippen LogP contribution in [0.4, 0.5) is 11.6 Å². The van der Waals surface area contributed by atoms with E-state index in [1.54, 1.807) is 14.2 Å². The average Bonchev–Trinajstić information content (AvgIpc) is 2.73. The first kappa shape index (κ1) is 18.2. The molecule has 0 saturated heterocycles. The van der Waals surface area contributed by atoms with Crippen LogP contribution >= 0.6 is 0 Å². The first-order valence-corrected chi connectivity index (χ1v) is 8.33. The highest BCUT2D eigenvalue weighted by Crippen LogP contribution is 2.19. The van der Waals surface area contributed by atoms with Crippen LogP contribution < -0.4 is 20.1 Å². The van der Waals surface area contributed by atoms with E-state index in [0.717, 1.165) is 22.7 Å². The van der Waals surface area contributed by atoms with Gasteiger partial charge in [-0.1, -0.05) is 24.3 Å². The SMILES string of the molecule is COc1cccc(Nc2ncc(C(=O)NCc3ccccc3OC)cn2)c1. The van der Waals surface area contributed by atoms with Crippen LogP contribution in [0.5, 0.6) is 11.5 Å². The van der Waals surface area contributed by atoms with Crippen molar-refractivity contribution in [1.82, 2.24) is 15.3 Å². The Morgan fingerprint density at radius 3 is 2.52 bits per heavy atom. The van der Waals surface area contributed by atoms with Crippen molar-refractivity contribution in [2.75, 3.05) is 19.5 Å². The molecule has 138 valence electrons. The van der Waals surface area contributed by atoms with E-state index in [9.17, 15) is 4.79 Å². The number of hydrogen-bond donors (Lipinski definition) is 2. The van der Waals surface area contributed by atoms with Crippen molar-refractivity contribution in [3.8, 4) is 11.5 Å². The lowest BCUT2D eigenvalue weighted by atomic mass is 10.2. The van der Waals surface area contributed by atoms with Crippen LogP contribution in [0, 0.1) is 0 Å². The number of nitrogens with one attached hydrogen (secondary N) is 2. The Hall–Kier alpha value is -3.61. The van der Waals surface area contributed by atoms with Gasteiger partial charge in [-0.25, -0.2) is 9.97 Å². The van der Waals surface area contributed by atoms with Crippen LogP contribution in [0.2, 0.25) is 0 Å². The molecule has 1 aromatic heterocycles. The van der Waals surface area contributed by atoms with E-state index in [-0.39, 0.29) is 5.91 Å². The third-order valence-corrected chi connectivity index (χ3v) is 3.87. The number of methoxy groups -OCH3 is 2. The second-order valence-corrected chi connectivity index (χ2v) is 5.65. The van der Waals surface area contributed by atoms with E-state index in [1.165, 1.54) is 12.4 Å². The molecule has 0 aliphatic rings. The topological polar surface area (TPSA) is 85.4 Å². The van der Waals surface area contributed by atoms with Gasteiger partial charge in [0.2, 0.25) is 5.95 Å². The summed E-state index contributed by atoms with van der Waals surface area (Å²) in [6.07, 6.45) is 2.96. The van der Waals surface area contributed by atoms with E-state index in [1.807, 2.05) is 48.5 Å². The van der Waals surface area contributed by atoms with E-state index in [4.69, 9.17) is 9.47 Å². The molecular formula is C20H20N4O3. The lowest BCUT2D eigenvalue weighted by Crippen LogP contribution is -2.23. The third kappa shape index (κ3) is 4.72. The summed E-state index contributed by atoms with van der Waals surface area (Å²) in [6.45, 7) is 0.354. The van der Waals surface area contributed by atoms with Crippen molar-refractivity contribution < 1.29 is 14.3 Å². The summed E-state index contributed by atoms with van der Waals surface area (Å²) < 4.78 is 10.5. The van der Waals surface area contributed by atoms with Crippen molar-refractivity contribution in [1.29, 1.82) is 0 Å². The zero-order valence-corrected chi connectivity index (χ0v) is 15.1. The minimum atomic E-state index is -0.256. The van der Waals surface area contributed by atoms with Gasteiger partial charge in [-0.3, -0.25) is 4.79 Å². The van der Waals surface area contributed by atoms with Crippen molar-refractivity contribution in [3.63, 3.8) is 0 Å². The molecule has 0 atom stereocenters. The summed E-state index contributed by atoms with van der Waals surface area (Å²) in [5, 5.41) is 5.91. The molecule has 0 fully saturated rings. The molecule has 0 saturated carbocycles. The number of carbonyl (C=O) groups is 1. The van der Waals surface area contributed by atoms with Gasteiger partial charge in [0.05, 0.1) is 19.8 Å². The van der Waals surface area contributed by atoms with Crippen LogP contribution in [0.25, 0.3) is 0 Å². The molecule has 0 unspecified atom stereocenters. The fourth-order valence-corrected chi connectivity index (χ4v) is 2.47. The summed E-state index contributed by atoms with van der Waals surface area (Å²) in [7, 11) is 3.20. The smallest absolute Gasteiger partial charge is 0.254 e. The normalized spacial score (nSPS) is 10.1. The lowest BCUT2D eigenvalue weighted by molar-refractivity contribution is 0.0950. The summed E-state index contributed by atoms with van der Waals surface area (Å²) in [4.78, 5) is 20.7. The molecule has 0 spiro atoms. The number of carbonyl (C=O) groups excluding carboxylic acids is 1. The molecule has 7 heteroatoms. The Labute approximate surface area is 157 Å². The number of nitrogens with zero attached hydrogens (tertiary/aromatic N) is 2. The second-order valence-electron chi connectivity index (χ2n) is 5.65. The van der Waals surface area contributed by atoms with Crippen LogP contribution in [0.3, 0.4) is 0 Å². The van der Waals surface area contributed by atoms with Crippen molar-refractivity contribution in [3.05, 3.63) is 72.1 Å². The summed E-state index contributed by atoms with van der Waals surface area (Å²) >= 11 is 0. The molecular weight excluding hydrogens is 344 g/mol. The standard InChI is InChI=1S/C20H20N4O3/c1-26-17-8-5-7-16(10-17)24-20-22-12-15(13-23-20)19(25)21-11-14-6-3-4-9-18(14)27-2/h3-10,12-13H,11H2,1-2H3,(H,21,25)(H,22,23,24). The maximum atomic E-state index is 12.3. The van der Waals surface area contributed by atoms with Gasteiger partial charge >= 0.3 is 0 Å². The monoisotopic (exact) mass is 364 g/mol. The van der Waals surface area contributed by atoms with Gasteiger partial charge in [0.15, 0.2) is 0 Å². The van der Waals surface area contributed by atoms with Crippen LogP contribution in [-0.4, -0.2) is 30.1 Å². The molecule has 0 bridgehead atoms. The third-order valence-electron chi connectivity index (χ3n) is 3.87. The Kier molecular flexibility index (Phi) is 5.84. The molecule has 0 aliphatic carbocycles. The van der Waals surface area contributed by atoms with E-state index < -0.39 is 0 Å². The Morgan fingerprint density at radius 1 is 1.00 bits per heavy atom. The number of rotatable bonds is 7. The Balaban J connectivity index is 1.61. The molecule has 7 nitrogen and oxygen atoms in total. The number of aromatic nitrogens is 2. The largest absolute Gasteiger partial charge is 0.497 e. The molecule has 0 radical (unpaired) electrons. The molecule has 27 heavy (non-hydrogen) atoms. The molecule has 1 amide bonds. The predicted molar refractivity (Wildman–Crippen MR) is 102 cm³/mol. The van der Waals surface area contributed by atoms with E-state index >= 15 is 0 Å². The zero-order chi connectivity index (χ0) is 19.1. The number of benzene rings is 2. The van der Waals surface area contributed by atoms with E-state index in [0.29, 0.717) is 18.1 Å². The van der Waals surface area contributed by atoms with Gasteiger partial charge in [0, 0.05) is 36.3 Å². The summed E-state index contributed by atoms with van der Waals surface area (Å²) in [5.41, 5.74) is 2.06. The van der Waals surface area contributed by atoms with Gasteiger partial charge in [-0.05, 0) is 18.2 Å². The van der Waals surface area contributed by atoms with Gasteiger partial charge in [-0.15, -0.1) is 0 Å². The predicted octanol–water partition coefficient (Wildman–Crippen LogP) is 3.17. The van der Waals surface area contributed by atoms with Gasteiger partial charge < -0.3 is 20.1 Å². The first-order valence-electron chi connectivity index (χ1n) is 8.33. The molecule has 3 aromatic rings. The highest BCUT2D eigenvalue weighted by molar-refractivity contribution is 5.93. The van der Waals surface area contributed by atoms with Crippen molar-refractivity contribution in [2.24, 2.45) is 0 Å². The number of anilines is 2. The summed E-state index contributed by atoms with van der Waals surface area (Å²) in [5.74, 6) is 1.59. The maximum Gasteiger partial charge on any atom is 0.254 e. The average molecular weight is 364 g/mol. The molecule has 3 rings (SSSR count). The molecule has 2 aromatic carbocycles. The number of hydrogen-bond acceptors (Lipinski definition) is 6. The minimum Gasteiger partial charge on any atom is -0.497 e. The quantitative estimate of drug-likeness (QED) is 0.670. The number of amides is 1. The van der Waals surface area contributed by atoms with Gasteiger partial charge in [-0.2, -0.15) is 0 Å². The molecule has 2 N–H and O–H groups in total. The Bertz CT molecular complexity index is 913. The number of ether oxygens (including phenoxy) is 2. The second kappa shape index (κ2) is 8.66. The van der Waals surface area contributed by atoms with Crippen LogP contribution in [-0.2, 0) is 6.54 Å². The van der Waals surface area contributed by atoms with Crippen molar-refractivity contribution >= 4 is 17.5 Å². The fraction of sp³-hybridized carbons (Fsp3) is 0.150.